The second kappa shape index (κ2) is 8.77. The van der Waals surface area contributed by atoms with Crippen molar-refractivity contribution in [2.45, 2.75) is 6.92 Å². The van der Waals surface area contributed by atoms with E-state index >= 15 is 0 Å². The molecule has 0 fully saturated rings. The highest BCUT2D eigenvalue weighted by molar-refractivity contribution is 7.20. The molecule has 0 aliphatic carbocycles. The third-order valence-corrected chi connectivity index (χ3v) is 5.20. The predicted octanol–water partition coefficient (Wildman–Crippen LogP) is 3.33. The third kappa shape index (κ3) is 3.95. The molecule has 2 aromatic heterocycles. The van der Waals surface area contributed by atoms with Crippen molar-refractivity contribution in [2.75, 3.05) is 32.8 Å². The number of methoxy groups -OCH3 is 2. The van der Waals surface area contributed by atoms with E-state index in [1.54, 1.807) is 24.3 Å². The van der Waals surface area contributed by atoms with Crippen LogP contribution in [0.25, 0.3) is 10.2 Å². The van der Waals surface area contributed by atoms with Crippen molar-refractivity contribution in [3.8, 4) is 0 Å². The summed E-state index contributed by atoms with van der Waals surface area (Å²) in [7, 11) is 2.87. The summed E-state index contributed by atoms with van der Waals surface area (Å²) in [5.41, 5.74) is 1.63. The average Bonchev–Trinajstić information content (AvgIpc) is 3.05. The van der Waals surface area contributed by atoms with Crippen LogP contribution in [-0.4, -0.2) is 49.3 Å². The van der Waals surface area contributed by atoms with Gasteiger partial charge in [-0.3, -0.25) is 0 Å². The molecule has 3 aromatic rings. The molecular formula is C19H19N3O5S. The van der Waals surface area contributed by atoms with Gasteiger partial charge in [0.1, 0.15) is 28.5 Å². The molecular weight excluding hydrogens is 382 g/mol. The average molecular weight is 401 g/mol. The Hall–Kier alpha value is -3.04. The molecule has 0 radical (unpaired) electrons. The number of benzene rings is 1. The van der Waals surface area contributed by atoms with Crippen LogP contribution < -0.4 is 5.32 Å². The van der Waals surface area contributed by atoms with Crippen molar-refractivity contribution < 1.29 is 23.8 Å². The van der Waals surface area contributed by atoms with Crippen molar-refractivity contribution >= 4 is 45.0 Å². The van der Waals surface area contributed by atoms with Crippen LogP contribution in [0.4, 0.5) is 11.5 Å². The Kier molecular flexibility index (Phi) is 6.17. The molecule has 0 aliphatic rings. The molecule has 0 bridgehead atoms. The number of nitrogens with one attached hydrogen (secondary N) is 1. The highest BCUT2D eigenvalue weighted by Crippen LogP contribution is 2.35. The third-order valence-electron chi connectivity index (χ3n) is 4.02. The quantitative estimate of drug-likeness (QED) is 0.475. The summed E-state index contributed by atoms with van der Waals surface area (Å²) in [5.74, 6) is -0.401. The Morgan fingerprint density at radius 1 is 1.11 bits per heavy atom. The number of thiophene rings is 1. The first-order chi connectivity index (χ1) is 13.6. The van der Waals surface area contributed by atoms with Gasteiger partial charge in [0.25, 0.3) is 0 Å². The fourth-order valence-corrected chi connectivity index (χ4v) is 3.69. The molecule has 8 nitrogen and oxygen atoms in total. The number of para-hydroxylation sites is 1. The maximum Gasteiger partial charge on any atom is 0.348 e. The molecule has 1 N–H and O–H groups in total. The van der Waals surface area contributed by atoms with Crippen LogP contribution in [0.3, 0.4) is 0 Å². The zero-order chi connectivity index (χ0) is 20.1. The minimum Gasteiger partial charge on any atom is -0.465 e. The van der Waals surface area contributed by atoms with Crippen molar-refractivity contribution in [3.05, 3.63) is 46.6 Å². The van der Waals surface area contributed by atoms with E-state index < -0.39 is 11.9 Å². The maximum atomic E-state index is 12.4. The number of aromatic nitrogens is 2. The molecule has 0 atom stereocenters. The Morgan fingerprint density at radius 3 is 2.64 bits per heavy atom. The first-order valence-corrected chi connectivity index (χ1v) is 9.23. The van der Waals surface area contributed by atoms with E-state index in [4.69, 9.17) is 14.2 Å². The molecule has 9 heteroatoms. The van der Waals surface area contributed by atoms with Crippen molar-refractivity contribution in [1.82, 2.24) is 9.97 Å². The molecule has 2 heterocycles. The number of ether oxygens (including phenoxy) is 3. The number of hydrogen-bond donors (Lipinski definition) is 1. The van der Waals surface area contributed by atoms with Crippen LogP contribution in [0.1, 0.15) is 25.6 Å². The van der Waals surface area contributed by atoms with Gasteiger partial charge in [0.2, 0.25) is 0 Å². The SMILES string of the molecule is COCCOC(=O)c1sc2ncnc(Nc3ccccc3C(=O)OC)c2c1C. The number of rotatable bonds is 7. The molecule has 0 spiro atoms. The van der Waals surface area contributed by atoms with Gasteiger partial charge in [-0.15, -0.1) is 11.3 Å². The van der Waals surface area contributed by atoms with Gasteiger partial charge < -0.3 is 19.5 Å². The van der Waals surface area contributed by atoms with Gasteiger partial charge in [-0.25, -0.2) is 19.6 Å². The van der Waals surface area contributed by atoms with Gasteiger partial charge in [-0.1, -0.05) is 12.1 Å². The smallest absolute Gasteiger partial charge is 0.348 e. The zero-order valence-corrected chi connectivity index (χ0v) is 16.5. The minimum atomic E-state index is -0.460. The zero-order valence-electron chi connectivity index (χ0n) is 15.6. The van der Waals surface area contributed by atoms with E-state index in [0.29, 0.717) is 44.3 Å². The second-order valence-corrected chi connectivity index (χ2v) is 6.75. The summed E-state index contributed by atoms with van der Waals surface area (Å²) in [6.07, 6.45) is 1.40. The van der Waals surface area contributed by atoms with E-state index in [2.05, 4.69) is 15.3 Å². The van der Waals surface area contributed by atoms with E-state index in [-0.39, 0.29) is 6.61 Å². The van der Waals surface area contributed by atoms with Gasteiger partial charge in [0.05, 0.1) is 30.4 Å². The van der Waals surface area contributed by atoms with Gasteiger partial charge >= 0.3 is 11.9 Å². The first-order valence-electron chi connectivity index (χ1n) is 8.41. The number of aryl methyl sites for hydroxylation is 1. The Morgan fingerprint density at radius 2 is 1.89 bits per heavy atom. The number of esters is 2. The molecule has 3 rings (SSSR count). The van der Waals surface area contributed by atoms with Crippen LogP contribution in [0.15, 0.2) is 30.6 Å². The van der Waals surface area contributed by atoms with E-state index in [1.165, 1.54) is 31.9 Å². The van der Waals surface area contributed by atoms with Crippen LogP contribution in [0.5, 0.6) is 0 Å². The highest BCUT2D eigenvalue weighted by atomic mass is 32.1. The molecule has 146 valence electrons. The fraction of sp³-hybridized carbons (Fsp3) is 0.263. The Balaban J connectivity index is 1.98. The molecule has 0 saturated heterocycles. The maximum absolute atomic E-state index is 12.4. The van der Waals surface area contributed by atoms with Gasteiger partial charge in [0.15, 0.2) is 0 Å². The number of anilines is 2. The molecule has 0 aliphatic heterocycles. The van der Waals surface area contributed by atoms with Gasteiger partial charge in [0, 0.05) is 7.11 Å². The van der Waals surface area contributed by atoms with E-state index in [0.717, 1.165) is 0 Å². The molecule has 0 unspecified atom stereocenters. The molecule has 1 aromatic carbocycles. The van der Waals surface area contributed by atoms with Crippen LogP contribution in [-0.2, 0) is 14.2 Å². The molecule has 0 saturated carbocycles. The number of nitrogens with zero attached hydrogens (tertiary/aromatic N) is 2. The highest BCUT2D eigenvalue weighted by Gasteiger charge is 2.21. The summed E-state index contributed by atoms with van der Waals surface area (Å²) in [6.45, 7) is 2.31. The van der Waals surface area contributed by atoms with Crippen LogP contribution >= 0.6 is 11.3 Å². The monoisotopic (exact) mass is 401 g/mol. The van der Waals surface area contributed by atoms with Crippen LogP contribution in [0.2, 0.25) is 0 Å². The van der Waals surface area contributed by atoms with E-state index in [9.17, 15) is 9.59 Å². The van der Waals surface area contributed by atoms with Crippen molar-refractivity contribution in [1.29, 1.82) is 0 Å². The number of hydrogen-bond acceptors (Lipinski definition) is 9. The summed E-state index contributed by atoms with van der Waals surface area (Å²) in [6, 6.07) is 6.96. The molecule has 28 heavy (non-hydrogen) atoms. The largest absolute Gasteiger partial charge is 0.465 e. The van der Waals surface area contributed by atoms with Crippen LogP contribution in [0, 0.1) is 6.92 Å². The lowest BCUT2D eigenvalue weighted by Crippen LogP contribution is -2.09. The molecule has 0 amide bonds. The Labute approximate surface area is 165 Å². The standard InChI is InChI=1S/C19H19N3O5S/c1-11-14-16(22-13-7-5-4-6-12(13)18(23)26-3)20-10-21-17(14)28-15(11)19(24)27-9-8-25-2/h4-7,10H,8-9H2,1-3H3,(H,20,21,22). The summed E-state index contributed by atoms with van der Waals surface area (Å²) >= 11 is 1.23. The van der Waals surface area contributed by atoms with Gasteiger partial charge in [-0.05, 0) is 24.6 Å². The summed E-state index contributed by atoms with van der Waals surface area (Å²) < 4.78 is 14.9. The Bertz CT molecular complexity index is 1020. The van der Waals surface area contributed by atoms with E-state index in [1.807, 2.05) is 6.92 Å². The number of carbonyl (C=O) groups excluding carboxylic acids is 2. The first kappa shape index (κ1) is 19.7. The van der Waals surface area contributed by atoms with Crippen molar-refractivity contribution in [3.63, 3.8) is 0 Å². The fourth-order valence-electron chi connectivity index (χ4n) is 2.65. The normalized spacial score (nSPS) is 10.7. The summed E-state index contributed by atoms with van der Waals surface area (Å²) in [5, 5.41) is 3.86. The lowest BCUT2D eigenvalue weighted by Gasteiger charge is -2.11. The second-order valence-electron chi connectivity index (χ2n) is 5.75. The van der Waals surface area contributed by atoms with Crippen molar-refractivity contribution in [2.24, 2.45) is 0 Å². The lowest BCUT2D eigenvalue weighted by atomic mass is 10.1. The topological polar surface area (TPSA) is 99.6 Å². The summed E-state index contributed by atoms with van der Waals surface area (Å²) in [4.78, 5) is 34.0. The minimum absolute atomic E-state index is 0.173. The predicted molar refractivity (Wildman–Crippen MR) is 105 cm³/mol. The van der Waals surface area contributed by atoms with Gasteiger partial charge in [-0.2, -0.15) is 0 Å². The number of carbonyl (C=O) groups is 2. The number of fused-ring (bicyclic) bond motifs is 1. The lowest BCUT2D eigenvalue weighted by molar-refractivity contribution is 0.0392.